The van der Waals surface area contributed by atoms with Gasteiger partial charge in [-0.3, -0.25) is 0 Å². The fourth-order valence-electron chi connectivity index (χ4n) is 1.17. The number of carbonyl (C=O) groups is 1. The molecule has 0 amide bonds. The van der Waals surface area contributed by atoms with Crippen molar-refractivity contribution < 1.29 is 9.90 Å². The molecule has 13 heavy (non-hydrogen) atoms. The summed E-state index contributed by atoms with van der Waals surface area (Å²) in [5, 5.41) is 8.84. The summed E-state index contributed by atoms with van der Waals surface area (Å²) in [6.07, 6.45) is 0. The lowest BCUT2D eigenvalue weighted by molar-refractivity contribution is 0.0699. The van der Waals surface area contributed by atoms with Crippen LogP contribution in [-0.4, -0.2) is 21.0 Å². The first-order chi connectivity index (χ1) is 6.18. The largest absolute Gasteiger partial charge is 0.478 e. The average molecular weight is 288 g/mol. The number of imidazole rings is 1. The van der Waals surface area contributed by atoms with E-state index in [1.165, 1.54) is 0 Å². The smallest absolute Gasteiger partial charge is 0.337 e. The second-order valence-corrected chi connectivity index (χ2v) is 3.56. The number of nitrogens with one attached hydrogen (secondary N) is 1. The predicted molar refractivity (Wildman–Crippen MR) is 55.8 cm³/mol. The molecule has 0 aliphatic rings. The molecule has 66 valence electrons. The van der Waals surface area contributed by atoms with Crippen molar-refractivity contribution in [3.05, 3.63) is 27.6 Å². The molecule has 2 aromatic rings. The number of hydrogen-bond acceptors (Lipinski definition) is 2. The third-order valence-corrected chi connectivity index (χ3v) is 2.23. The fourth-order valence-corrected chi connectivity index (χ4v) is 1.71. The minimum atomic E-state index is -0.950. The summed E-state index contributed by atoms with van der Waals surface area (Å²) in [6, 6.07) is 5.04. The van der Waals surface area contributed by atoms with Crippen LogP contribution in [-0.2, 0) is 0 Å². The van der Waals surface area contributed by atoms with E-state index in [1.54, 1.807) is 18.2 Å². The number of carboxylic acids is 1. The lowest BCUT2D eigenvalue weighted by atomic mass is 10.2. The molecule has 0 fully saturated rings. The topological polar surface area (TPSA) is 66.0 Å². The van der Waals surface area contributed by atoms with Crippen molar-refractivity contribution >= 4 is 39.6 Å². The zero-order chi connectivity index (χ0) is 9.42. The first kappa shape index (κ1) is 8.49. The third-order valence-electron chi connectivity index (χ3n) is 1.71. The monoisotopic (exact) mass is 288 g/mol. The van der Waals surface area contributed by atoms with Crippen molar-refractivity contribution in [2.45, 2.75) is 0 Å². The number of hydrogen-bond donors (Lipinski definition) is 2. The lowest BCUT2D eigenvalue weighted by Gasteiger charge is -1.93. The van der Waals surface area contributed by atoms with Gasteiger partial charge in [-0.15, -0.1) is 0 Å². The highest BCUT2D eigenvalue weighted by Crippen LogP contribution is 2.16. The number of H-pyrrole nitrogens is 1. The molecule has 5 heteroatoms. The molecule has 2 rings (SSSR count). The van der Waals surface area contributed by atoms with Crippen LogP contribution in [0.1, 0.15) is 10.4 Å². The number of carboxylic acid groups (broad SMARTS) is 1. The van der Waals surface area contributed by atoms with E-state index in [2.05, 4.69) is 9.97 Å². The van der Waals surface area contributed by atoms with Crippen molar-refractivity contribution in [2.24, 2.45) is 0 Å². The molecule has 0 atom stereocenters. The van der Waals surface area contributed by atoms with Crippen LogP contribution in [0.15, 0.2) is 18.2 Å². The molecule has 1 aromatic heterocycles. The Kier molecular flexibility index (Phi) is 1.95. The van der Waals surface area contributed by atoms with Crippen LogP contribution in [0, 0.1) is 3.83 Å². The van der Waals surface area contributed by atoms with Gasteiger partial charge in [-0.05, 0) is 34.7 Å². The van der Waals surface area contributed by atoms with E-state index in [0.29, 0.717) is 9.35 Å². The van der Waals surface area contributed by atoms with E-state index in [1.807, 2.05) is 22.6 Å². The molecule has 0 radical (unpaired) electrons. The zero-order valence-electron chi connectivity index (χ0n) is 6.41. The Morgan fingerprint density at radius 1 is 1.54 bits per heavy atom. The van der Waals surface area contributed by atoms with Crippen LogP contribution in [0.5, 0.6) is 0 Å². The number of halogens is 1. The maximum Gasteiger partial charge on any atom is 0.337 e. The normalized spacial score (nSPS) is 10.5. The summed E-state index contributed by atoms with van der Waals surface area (Å²) in [6.45, 7) is 0. The number of aromatic amines is 1. The van der Waals surface area contributed by atoms with Crippen molar-refractivity contribution in [3.8, 4) is 0 Å². The molecule has 0 saturated carbocycles. The molecule has 0 unspecified atom stereocenters. The van der Waals surface area contributed by atoms with Crippen LogP contribution in [0.2, 0.25) is 0 Å². The van der Waals surface area contributed by atoms with Gasteiger partial charge >= 0.3 is 5.97 Å². The Bertz CT molecular complexity index is 478. The van der Waals surface area contributed by atoms with Crippen LogP contribution in [0.4, 0.5) is 0 Å². The van der Waals surface area contributed by atoms with E-state index < -0.39 is 5.97 Å². The molecule has 0 aliphatic carbocycles. The SMILES string of the molecule is O=C(O)c1cccc2[nH]c(I)nc12. The van der Waals surface area contributed by atoms with E-state index >= 15 is 0 Å². The highest BCUT2D eigenvalue weighted by Gasteiger charge is 2.10. The number of nitrogens with zero attached hydrogens (tertiary/aromatic N) is 1. The van der Waals surface area contributed by atoms with Gasteiger partial charge in [0.25, 0.3) is 0 Å². The highest BCUT2D eigenvalue weighted by molar-refractivity contribution is 14.1. The summed E-state index contributed by atoms with van der Waals surface area (Å²) >= 11 is 2.01. The van der Waals surface area contributed by atoms with E-state index in [4.69, 9.17) is 5.11 Å². The predicted octanol–water partition coefficient (Wildman–Crippen LogP) is 1.87. The van der Waals surface area contributed by atoms with E-state index in [0.717, 1.165) is 5.52 Å². The molecule has 1 aromatic carbocycles. The first-order valence-corrected chi connectivity index (χ1v) is 4.64. The molecular weight excluding hydrogens is 283 g/mol. The molecule has 2 N–H and O–H groups in total. The number of benzene rings is 1. The highest BCUT2D eigenvalue weighted by atomic mass is 127. The lowest BCUT2D eigenvalue weighted by Crippen LogP contribution is -1.96. The van der Waals surface area contributed by atoms with Gasteiger partial charge in [-0.2, -0.15) is 0 Å². The van der Waals surface area contributed by atoms with Gasteiger partial charge in [0.1, 0.15) is 5.52 Å². The van der Waals surface area contributed by atoms with Gasteiger partial charge < -0.3 is 10.1 Å². The fraction of sp³-hybridized carbons (Fsp3) is 0. The molecule has 0 aliphatic heterocycles. The Labute approximate surface area is 87.1 Å². The second-order valence-electron chi connectivity index (χ2n) is 2.53. The Morgan fingerprint density at radius 2 is 2.31 bits per heavy atom. The minimum absolute atomic E-state index is 0.233. The maximum absolute atomic E-state index is 10.8. The quantitative estimate of drug-likeness (QED) is 0.787. The molecular formula is C8H5IN2O2. The number of para-hydroxylation sites is 1. The third kappa shape index (κ3) is 1.39. The minimum Gasteiger partial charge on any atom is -0.478 e. The zero-order valence-corrected chi connectivity index (χ0v) is 8.57. The van der Waals surface area contributed by atoms with Crippen molar-refractivity contribution in [1.82, 2.24) is 9.97 Å². The maximum atomic E-state index is 10.8. The number of fused-ring (bicyclic) bond motifs is 1. The summed E-state index contributed by atoms with van der Waals surface area (Å²) in [4.78, 5) is 17.8. The Hall–Kier alpha value is -1.11. The van der Waals surface area contributed by atoms with Crippen molar-refractivity contribution in [3.63, 3.8) is 0 Å². The first-order valence-electron chi connectivity index (χ1n) is 3.56. The van der Waals surface area contributed by atoms with Crippen LogP contribution in [0.25, 0.3) is 11.0 Å². The summed E-state index contributed by atoms with van der Waals surface area (Å²) in [5.41, 5.74) is 1.50. The van der Waals surface area contributed by atoms with Gasteiger partial charge in [0, 0.05) is 0 Å². The summed E-state index contributed by atoms with van der Waals surface area (Å²) in [7, 11) is 0. The molecule has 0 spiro atoms. The summed E-state index contributed by atoms with van der Waals surface area (Å²) in [5.74, 6) is -0.950. The Morgan fingerprint density at radius 3 is 3.00 bits per heavy atom. The molecule has 0 bridgehead atoms. The number of aromatic carboxylic acids is 1. The number of aromatic nitrogens is 2. The van der Waals surface area contributed by atoms with E-state index in [-0.39, 0.29) is 5.56 Å². The molecule has 0 saturated heterocycles. The standard InChI is InChI=1S/C8H5IN2O2/c9-8-10-5-3-1-2-4(7(12)13)6(5)11-8/h1-3H,(H,10,11)(H,12,13). The van der Waals surface area contributed by atoms with Crippen LogP contribution < -0.4 is 0 Å². The van der Waals surface area contributed by atoms with Crippen LogP contribution >= 0.6 is 22.6 Å². The molecule has 1 heterocycles. The number of rotatable bonds is 1. The molecule has 4 nitrogen and oxygen atoms in total. The average Bonchev–Trinajstić information content (AvgIpc) is 2.43. The van der Waals surface area contributed by atoms with Crippen molar-refractivity contribution in [2.75, 3.05) is 0 Å². The van der Waals surface area contributed by atoms with Gasteiger partial charge in [-0.1, -0.05) is 6.07 Å². The Balaban J connectivity index is 2.82. The van der Waals surface area contributed by atoms with Gasteiger partial charge in [0.05, 0.1) is 11.1 Å². The second kappa shape index (κ2) is 2.99. The summed E-state index contributed by atoms with van der Waals surface area (Å²) < 4.78 is 0.696. The van der Waals surface area contributed by atoms with Gasteiger partial charge in [-0.25, -0.2) is 9.78 Å². The van der Waals surface area contributed by atoms with E-state index in [9.17, 15) is 4.79 Å². The van der Waals surface area contributed by atoms with Gasteiger partial charge in [0.2, 0.25) is 0 Å². The van der Waals surface area contributed by atoms with Crippen LogP contribution in [0.3, 0.4) is 0 Å². The van der Waals surface area contributed by atoms with Crippen molar-refractivity contribution in [1.29, 1.82) is 0 Å². The van der Waals surface area contributed by atoms with Gasteiger partial charge in [0.15, 0.2) is 3.83 Å².